The van der Waals surface area contributed by atoms with E-state index in [4.69, 9.17) is 4.42 Å². The van der Waals surface area contributed by atoms with Crippen molar-refractivity contribution in [2.75, 3.05) is 13.1 Å². The predicted molar refractivity (Wildman–Crippen MR) is 74.2 cm³/mol. The lowest BCUT2D eigenvalue weighted by Crippen LogP contribution is -2.35. The van der Waals surface area contributed by atoms with E-state index in [0.29, 0.717) is 5.56 Å². The Kier molecular flexibility index (Phi) is 3.51. The third-order valence-corrected chi connectivity index (χ3v) is 3.64. The van der Waals surface area contributed by atoms with Gasteiger partial charge in [-0.3, -0.25) is 4.79 Å². The Hall–Kier alpha value is -1.81. The molecule has 2 N–H and O–H groups in total. The molecule has 0 saturated carbocycles. The number of carbonyl (C=O) groups is 1. The standard InChI is InChI=1S/C15H18N2O2/c18-15(17-11-4-3-8-16-9-7-11)13-10-19-14-6-2-1-5-12(13)14/h1-2,5-6,10-11,16H,3-4,7-9H2,(H,17,18). The summed E-state index contributed by atoms with van der Waals surface area (Å²) >= 11 is 0. The maximum Gasteiger partial charge on any atom is 0.255 e. The van der Waals surface area contributed by atoms with Crippen molar-refractivity contribution in [1.82, 2.24) is 10.6 Å². The molecule has 1 atom stereocenters. The minimum absolute atomic E-state index is 0.0307. The molecule has 1 amide bonds. The number of rotatable bonds is 2. The molecule has 0 bridgehead atoms. The number of furan rings is 1. The van der Waals surface area contributed by atoms with Crippen LogP contribution < -0.4 is 10.6 Å². The van der Waals surface area contributed by atoms with Gasteiger partial charge in [-0.1, -0.05) is 18.2 Å². The van der Waals surface area contributed by atoms with Crippen molar-refractivity contribution in [3.63, 3.8) is 0 Å². The molecule has 2 aromatic rings. The predicted octanol–water partition coefficient (Wildman–Crippen LogP) is 2.30. The van der Waals surface area contributed by atoms with Crippen LogP contribution >= 0.6 is 0 Å². The molecule has 1 fully saturated rings. The average Bonchev–Trinajstić information content (AvgIpc) is 2.70. The largest absolute Gasteiger partial charge is 0.463 e. The molecule has 4 heteroatoms. The van der Waals surface area contributed by atoms with Gasteiger partial charge in [-0.05, 0) is 38.4 Å². The van der Waals surface area contributed by atoms with E-state index in [9.17, 15) is 4.79 Å². The summed E-state index contributed by atoms with van der Waals surface area (Å²) in [6.07, 6.45) is 4.68. The third kappa shape index (κ3) is 2.63. The second-order valence-electron chi connectivity index (χ2n) is 5.00. The van der Waals surface area contributed by atoms with Gasteiger partial charge in [-0.25, -0.2) is 0 Å². The summed E-state index contributed by atoms with van der Waals surface area (Å²) in [6, 6.07) is 7.88. The topological polar surface area (TPSA) is 54.3 Å². The zero-order valence-electron chi connectivity index (χ0n) is 10.8. The van der Waals surface area contributed by atoms with Crippen LogP contribution in [0.4, 0.5) is 0 Å². The van der Waals surface area contributed by atoms with Crippen molar-refractivity contribution in [1.29, 1.82) is 0 Å². The van der Waals surface area contributed by atoms with Gasteiger partial charge >= 0.3 is 0 Å². The van der Waals surface area contributed by atoms with E-state index in [0.717, 1.165) is 43.3 Å². The smallest absolute Gasteiger partial charge is 0.255 e. The van der Waals surface area contributed by atoms with Crippen LogP contribution in [0.1, 0.15) is 29.6 Å². The molecule has 1 saturated heterocycles. The van der Waals surface area contributed by atoms with E-state index < -0.39 is 0 Å². The lowest BCUT2D eigenvalue weighted by atomic mass is 10.1. The average molecular weight is 258 g/mol. The van der Waals surface area contributed by atoms with Gasteiger partial charge < -0.3 is 15.1 Å². The summed E-state index contributed by atoms with van der Waals surface area (Å²) in [6.45, 7) is 2.01. The molecule has 100 valence electrons. The van der Waals surface area contributed by atoms with Crippen molar-refractivity contribution in [2.45, 2.75) is 25.3 Å². The number of amides is 1. The molecule has 4 nitrogen and oxygen atoms in total. The Labute approximate surface area is 112 Å². The van der Waals surface area contributed by atoms with E-state index in [-0.39, 0.29) is 11.9 Å². The maximum atomic E-state index is 12.3. The highest BCUT2D eigenvalue weighted by Gasteiger charge is 2.18. The van der Waals surface area contributed by atoms with Crippen molar-refractivity contribution in [3.05, 3.63) is 36.1 Å². The number of hydrogen-bond acceptors (Lipinski definition) is 3. The molecule has 1 aromatic heterocycles. The number of nitrogens with one attached hydrogen (secondary N) is 2. The van der Waals surface area contributed by atoms with Gasteiger partial charge in [-0.2, -0.15) is 0 Å². The first-order valence-electron chi connectivity index (χ1n) is 6.82. The van der Waals surface area contributed by atoms with Crippen LogP contribution in [0.25, 0.3) is 11.0 Å². The molecule has 0 radical (unpaired) electrons. The summed E-state index contributed by atoms with van der Waals surface area (Å²) in [5.74, 6) is -0.0307. The van der Waals surface area contributed by atoms with Gasteiger partial charge in [0.1, 0.15) is 11.8 Å². The molecule has 19 heavy (non-hydrogen) atoms. The van der Waals surface area contributed by atoms with Gasteiger partial charge in [0.15, 0.2) is 0 Å². The van der Waals surface area contributed by atoms with E-state index >= 15 is 0 Å². The first-order chi connectivity index (χ1) is 9.34. The van der Waals surface area contributed by atoms with Gasteiger partial charge in [0, 0.05) is 11.4 Å². The maximum absolute atomic E-state index is 12.3. The van der Waals surface area contributed by atoms with E-state index in [2.05, 4.69) is 10.6 Å². The van der Waals surface area contributed by atoms with Crippen LogP contribution in [0, 0.1) is 0 Å². The van der Waals surface area contributed by atoms with Crippen molar-refractivity contribution in [2.24, 2.45) is 0 Å². The third-order valence-electron chi connectivity index (χ3n) is 3.64. The van der Waals surface area contributed by atoms with Gasteiger partial charge in [0.25, 0.3) is 5.91 Å². The highest BCUT2D eigenvalue weighted by Crippen LogP contribution is 2.21. The molecule has 1 aliphatic heterocycles. The van der Waals surface area contributed by atoms with E-state index in [1.165, 1.54) is 0 Å². The van der Waals surface area contributed by atoms with Crippen molar-refractivity contribution in [3.8, 4) is 0 Å². The Bertz CT molecular complexity index is 568. The van der Waals surface area contributed by atoms with Crippen LogP contribution in [0.2, 0.25) is 0 Å². The fourth-order valence-electron chi connectivity index (χ4n) is 2.58. The Morgan fingerprint density at radius 1 is 1.26 bits per heavy atom. The molecule has 0 aliphatic carbocycles. The fraction of sp³-hybridized carbons (Fsp3) is 0.400. The molecule has 0 spiro atoms. The van der Waals surface area contributed by atoms with Crippen LogP contribution in [0.15, 0.2) is 34.9 Å². The fourth-order valence-corrected chi connectivity index (χ4v) is 2.58. The van der Waals surface area contributed by atoms with Crippen LogP contribution in [0.3, 0.4) is 0 Å². The monoisotopic (exact) mass is 258 g/mol. The molecule has 1 unspecified atom stereocenters. The lowest BCUT2D eigenvalue weighted by molar-refractivity contribution is 0.0935. The number of para-hydroxylation sites is 1. The second kappa shape index (κ2) is 5.45. The highest BCUT2D eigenvalue weighted by molar-refractivity contribution is 6.05. The van der Waals surface area contributed by atoms with Crippen LogP contribution in [0.5, 0.6) is 0 Å². The summed E-state index contributed by atoms with van der Waals surface area (Å²) in [7, 11) is 0. The van der Waals surface area contributed by atoms with E-state index in [1.54, 1.807) is 6.26 Å². The zero-order chi connectivity index (χ0) is 13.1. The van der Waals surface area contributed by atoms with Crippen LogP contribution in [-0.4, -0.2) is 25.0 Å². The molecule has 1 aromatic carbocycles. The zero-order valence-corrected chi connectivity index (χ0v) is 10.8. The summed E-state index contributed by atoms with van der Waals surface area (Å²) in [5.41, 5.74) is 1.39. The number of fused-ring (bicyclic) bond motifs is 1. The summed E-state index contributed by atoms with van der Waals surface area (Å²) in [4.78, 5) is 12.3. The minimum atomic E-state index is -0.0307. The Morgan fingerprint density at radius 3 is 3.11 bits per heavy atom. The van der Waals surface area contributed by atoms with Gasteiger partial charge in [-0.15, -0.1) is 0 Å². The van der Waals surface area contributed by atoms with Crippen molar-refractivity contribution >= 4 is 16.9 Å². The lowest BCUT2D eigenvalue weighted by Gasteiger charge is -2.15. The minimum Gasteiger partial charge on any atom is -0.463 e. The summed E-state index contributed by atoms with van der Waals surface area (Å²) < 4.78 is 5.41. The van der Waals surface area contributed by atoms with E-state index in [1.807, 2.05) is 24.3 Å². The highest BCUT2D eigenvalue weighted by atomic mass is 16.3. The van der Waals surface area contributed by atoms with Crippen molar-refractivity contribution < 1.29 is 9.21 Å². The molecular weight excluding hydrogens is 240 g/mol. The number of benzene rings is 1. The molecule has 1 aliphatic rings. The summed E-state index contributed by atoms with van der Waals surface area (Å²) in [5, 5.41) is 7.34. The van der Waals surface area contributed by atoms with Crippen LogP contribution in [-0.2, 0) is 0 Å². The first kappa shape index (κ1) is 12.2. The Balaban J connectivity index is 1.76. The first-order valence-corrected chi connectivity index (χ1v) is 6.82. The number of hydrogen-bond donors (Lipinski definition) is 2. The number of carbonyl (C=O) groups excluding carboxylic acids is 1. The second-order valence-corrected chi connectivity index (χ2v) is 5.00. The normalized spacial score (nSPS) is 20.1. The molecular formula is C15H18N2O2. The Morgan fingerprint density at radius 2 is 2.16 bits per heavy atom. The SMILES string of the molecule is O=C(NC1CCCNCC1)c1coc2ccccc12. The molecule has 2 heterocycles. The molecule has 3 rings (SSSR count). The van der Waals surface area contributed by atoms with Gasteiger partial charge in [0.2, 0.25) is 0 Å². The quantitative estimate of drug-likeness (QED) is 0.869. The van der Waals surface area contributed by atoms with Gasteiger partial charge in [0.05, 0.1) is 5.56 Å².